The predicted octanol–water partition coefficient (Wildman–Crippen LogP) is 3.31. The SMILES string of the molecule is CCNC(=NCc1noc(C(C)(C)C)n1)NCCCN1CCCCCC1.I. The predicted molar refractivity (Wildman–Crippen MR) is 121 cm³/mol. The van der Waals surface area contributed by atoms with Crippen molar-refractivity contribution in [1.82, 2.24) is 25.7 Å². The van der Waals surface area contributed by atoms with E-state index in [0.717, 1.165) is 32.0 Å². The number of halogens is 1. The molecule has 1 fully saturated rings. The first-order valence-electron chi connectivity index (χ1n) is 10.1. The van der Waals surface area contributed by atoms with Gasteiger partial charge < -0.3 is 20.1 Å². The van der Waals surface area contributed by atoms with Crippen molar-refractivity contribution >= 4 is 29.9 Å². The molecule has 0 spiro atoms. The van der Waals surface area contributed by atoms with E-state index in [4.69, 9.17) is 4.52 Å². The fraction of sp³-hybridized carbons (Fsp3) is 0.842. The second-order valence-electron chi connectivity index (χ2n) is 8.00. The molecule has 1 aliphatic heterocycles. The fourth-order valence-electron chi connectivity index (χ4n) is 2.98. The van der Waals surface area contributed by atoms with Crippen LogP contribution in [0.2, 0.25) is 0 Å². The first-order chi connectivity index (χ1) is 12.5. The van der Waals surface area contributed by atoms with Gasteiger partial charge in [0.1, 0.15) is 6.54 Å². The van der Waals surface area contributed by atoms with Gasteiger partial charge in [0.15, 0.2) is 11.8 Å². The molecule has 0 saturated carbocycles. The highest BCUT2D eigenvalue weighted by atomic mass is 127. The first-order valence-corrected chi connectivity index (χ1v) is 10.1. The van der Waals surface area contributed by atoms with E-state index in [0.29, 0.717) is 18.3 Å². The number of nitrogens with one attached hydrogen (secondary N) is 2. The third kappa shape index (κ3) is 9.23. The Kier molecular flexibility index (Phi) is 11.2. The maximum absolute atomic E-state index is 5.32. The molecule has 0 atom stereocenters. The van der Waals surface area contributed by atoms with Crippen LogP contribution in [0.4, 0.5) is 0 Å². The molecule has 0 bridgehead atoms. The highest BCUT2D eigenvalue weighted by molar-refractivity contribution is 14.0. The zero-order valence-electron chi connectivity index (χ0n) is 17.4. The van der Waals surface area contributed by atoms with Crippen molar-refractivity contribution in [3.8, 4) is 0 Å². The van der Waals surface area contributed by atoms with Gasteiger partial charge >= 0.3 is 0 Å². The summed E-state index contributed by atoms with van der Waals surface area (Å²) in [6.45, 7) is 14.1. The van der Waals surface area contributed by atoms with Gasteiger partial charge in [-0.05, 0) is 45.8 Å². The van der Waals surface area contributed by atoms with E-state index >= 15 is 0 Å². The first kappa shape index (κ1) is 24.1. The Morgan fingerprint density at radius 2 is 1.85 bits per heavy atom. The molecule has 0 unspecified atom stereocenters. The van der Waals surface area contributed by atoms with Crippen LogP contribution in [0, 0.1) is 0 Å². The van der Waals surface area contributed by atoms with Gasteiger partial charge in [0.2, 0.25) is 5.89 Å². The Morgan fingerprint density at radius 1 is 1.15 bits per heavy atom. The van der Waals surface area contributed by atoms with Crippen LogP contribution in [0.3, 0.4) is 0 Å². The second-order valence-corrected chi connectivity index (χ2v) is 8.00. The third-order valence-electron chi connectivity index (χ3n) is 4.47. The lowest BCUT2D eigenvalue weighted by Crippen LogP contribution is -2.39. The van der Waals surface area contributed by atoms with Crippen LogP contribution in [0.1, 0.15) is 71.5 Å². The van der Waals surface area contributed by atoms with Crippen molar-refractivity contribution in [3.05, 3.63) is 11.7 Å². The number of likely N-dealkylation sites (tertiary alicyclic amines) is 1. The second kappa shape index (κ2) is 12.5. The lowest BCUT2D eigenvalue weighted by Gasteiger charge is -2.20. The van der Waals surface area contributed by atoms with Crippen LogP contribution < -0.4 is 10.6 Å². The number of aliphatic imine (C=N–C) groups is 1. The number of aromatic nitrogens is 2. The molecule has 27 heavy (non-hydrogen) atoms. The topological polar surface area (TPSA) is 78.6 Å². The van der Waals surface area contributed by atoms with Crippen LogP contribution in [0.15, 0.2) is 9.52 Å². The van der Waals surface area contributed by atoms with Crippen LogP contribution in [-0.2, 0) is 12.0 Å². The number of hydrogen-bond donors (Lipinski definition) is 2. The van der Waals surface area contributed by atoms with Gasteiger partial charge in [-0.25, -0.2) is 4.99 Å². The average Bonchev–Trinajstić information content (AvgIpc) is 2.93. The summed E-state index contributed by atoms with van der Waals surface area (Å²) in [5, 5.41) is 10.7. The molecule has 1 saturated heterocycles. The Bertz CT molecular complexity index is 547. The number of guanidine groups is 1. The van der Waals surface area contributed by atoms with Crippen molar-refractivity contribution < 1.29 is 4.52 Å². The van der Waals surface area contributed by atoms with Crippen LogP contribution in [-0.4, -0.2) is 53.7 Å². The molecule has 0 amide bonds. The van der Waals surface area contributed by atoms with Gasteiger partial charge in [0.25, 0.3) is 0 Å². The molecular weight excluding hydrogens is 455 g/mol. The minimum absolute atomic E-state index is 0. The van der Waals surface area contributed by atoms with E-state index < -0.39 is 0 Å². The molecule has 2 heterocycles. The van der Waals surface area contributed by atoms with Gasteiger partial charge in [-0.1, -0.05) is 38.8 Å². The van der Waals surface area contributed by atoms with E-state index in [1.165, 1.54) is 38.8 Å². The summed E-state index contributed by atoms with van der Waals surface area (Å²) in [4.78, 5) is 11.6. The molecule has 156 valence electrons. The Hall–Kier alpha value is -0.900. The summed E-state index contributed by atoms with van der Waals surface area (Å²) in [5.74, 6) is 2.08. The summed E-state index contributed by atoms with van der Waals surface area (Å²) in [6, 6.07) is 0. The monoisotopic (exact) mass is 492 g/mol. The summed E-state index contributed by atoms with van der Waals surface area (Å²) >= 11 is 0. The summed E-state index contributed by atoms with van der Waals surface area (Å²) in [6.07, 6.45) is 6.59. The zero-order chi connectivity index (χ0) is 18.8. The number of rotatable bonds is 7. The van der Waals surface area contributed by atoms with Crippen LogP contribution in [0.5, 0.6) is 0 Å². The maximum Gasteiger partial charge on any atom is 0.232 e. The number of hydrogen-bond acceptors (Lipinski definition) is 5. The van der Waals surface area contributed by atoms with E-state index in [1.807, 2.05) is 0 Å². The van der Waals surface area contributed by atoms with Crippen molar-refractivity contribution in [1.29, 1.82) is 0 Å². The molecule has 0 aromatic carbocycles. The average molecular weight is 492 g/mol. The molecule has 1 aliphatic rings. The summed E-state index contributed by atoms with van der Waals surface area (Å²) in [7, 11) is 0. The van der Waals surface area contributed by atoms with Crippen molar-refractivity contribution in [2.45, 2.75) is 71.8 Å². The van der Waals surface area contributed by atoms with E-state index in [2.05, 4.69) is 58.4 Å². The highest BCUT2D eigenvalue weighted by Crippen LogP contribution is 2.19. The normalized spacial score (nSPS) is 16.5. The Labute approximate surface area is 181 Å². The maximum atomic E-state index is 5.32. The third-order valence-corrected chi connectivity index (χ3v) is 4.47. The number of nitrogens with zero attached hydrogens (tertiary/aromatic N) is 4. The lowest BCUT2D eigenvalue weighted by molar-refractivity contribution is 0.282. The van der Waals surface area contributed by atoms with Gasteiger partial charge in [-0.2, -0.15) is 4.98 Å². The quantitative estimate of drug-likeness (QED) is 0.263. The lowest BCUT2D eigenvalue weighted by atomic mass is 9.97. The van der Waals surface area contributed by atoms with E-state index in [1.54, 1.807) is 0 Å². The van der Waals surface area contributed by atoms with Crippen LogP contribution in [0.25, 0.3) is 0 Å². The van der Waals surface area contributed by atoms with Crippen LogP contribution >= 0.6 is 24.0 Å². The van der Waals surface area contributed by atoms with E-state index in [9.17, 15) is 0 Å². The minimum atomic E-state index is -0.134. The van der Waals surface area contributed by atoms with Crippen molar-refractivity contribution in [2.75, 3.05) is 32.7 Å². The molecule has 2 rings (SSSR count). The molecule has 2 N–H and O–H groups in total. The standard InChI is InChI=1S/C19H36N6O.HI/c1-5-20-18(21-11-10-14-25-12-8-6-7-9-13-25)22-15-16-23-17(26-24-16)19(2,3)4;/h5-15H2,1-4H3,(H2,20,21,22);1H. The Morgan fingerprint density at radius 3 is 2.44 bits per heavy atom. The van der Waals surface area contributed by atoms with Gasteiger partial charge in [0, 0.05) is 18.5 Å². The largest absolute Gasteiger partial charge is 0.357 e. The molecule has 1 aromatic heterocycles. The molecule has 0 aliphatic carbocycles. The van der Waals surface area contributed by atoms with Gasteiger partial charge in [0.05, 0.1) is 0 Å². The summed E-state index contributed by atoms with van der Waals surface area (Å²) < 4.78 is 5.32. The molecule has 1 aromatic rings. The summed E-state index contributed by atoms with van der Waals surface area (Å²) in [5.41, 5.74) is -0.134. The molecule has 8 heteroatoms. The Balaban J connectivity index is 0.00000364. The highest BCUT2D eigenvalue weighted by Gasteiger charge is 2.21. The fourth-order valence-corrected chi connectivity index (χ4v) is 2.98. The van der Waals surface area contributed by atoms with Crippen molar-refractivity contribution in [2.24, 2.45) is 4.99 Å². The smallest absolute Gasteiger partial charge is 0.232 e. The van der Waals surface area contributed by atoms with Crippen molar-refractivity contribution in [3.63, 3.8) is 0 Å². The van der Waals surface area contributed by atoms with Gasteiger partial charge in [-0.15, -0.1) is 24.0 Å². The van der Waals surface area contributed by atoms with E-state index in [-0.39, 0.29) is 29.4 Å². The zero-order valence-corrected chi connectivity index (χ0v) is 19.7. The molecule has 0 radical (unpaired) electrons. The van der Waals surface area contributed by atoms with Gasteiger partial charge in [-0.3, -0.25) is 0 Å². The minimum Gasteiger partial charge on any atom is -0.357 e. The molecular formula is C19H37IN6O. The molecule has 7 nitrogen and oxygen atoms in total.